The van der Waals surface area contributed by atoms with E-state index in [4.69, 9.17) is 4.74 Å². The number of esters is 1. The number of benzene rings is 1. The van der Waals surface area contributed by atoms with Crippen molar-refractivity contribution in [3.63, 3.8) is 0 Å². The SMILES string of the molecule is CCn1c(SCc2ccc(C(=O)OC)cc2)nnc1C1CC1. The molecule has 0 atom stereocenters. The molecule has 1 aromatic heterocycles. The number of thioether (sulfide) groups is 1. The van der Waals surface area contributed by atoms with Gasteiger partial charge in [-0.05, 0) is 37.5 Å². The van der Waals surface area contributed by atoms with Crippen LogP contribution in [-0.2, 0) is 17.0 Å². The molecule has 22 heavy (non-hydrogen) atoms. The van der Waals surface area contributed by atoms with Crippen LogP contribution in [0.1, 0.15) is 47.4 Å². The first kappa shape index (κ1) is 15.1. The van der Waals surface area contributed by atoms with Crippen molar-refractivity contribution >= 4 is 17.7 Å². The van der Waals surface area contributed by atoms with Crippen LogP contribution in [0.5, 0.6) is 0 Å². The normalized spacial score (nSPS) is 14.1. The smallest absolute Gasteiger partial charge is 0.337 e. The lowest BCUT2D eigenvalue weighted by molar-refractivity contribution is 0.0600. The van der Waals surface area contributed by atoms with Gasteiger partial charge in [-0.2, -0.15) is 0 Å². The van der Waals surface area contributed by atoms with Crippen LogP contribution in [-0.4, -0.2) is 27.8 Å². The third-order valence-electron chi connectivity index (χ3n) is 3.75. The van der Waals surface area contributed by atoms with Crippen LogP contribution in [0.3, 0.4) is 0 Å². The molecule has 1 aliphatic rings. The molecule has 0 spiro atoms. The van der Waals surface area contributed by atoms with E-state index in [1.165, 1.54) is 20.0 Å². The highest BCUT2D eigenvalue weighted by Crippen LogP contribution is 2.40. The quantitative estimate of drug-likeness (QED) is 0.604. The first-order valence-electron chi connectivity index (χ1n) is 7.46. The van der Waals surface area contributed by atoms with E-state index in [-0.39, 0.29) is 5.97 Å². The topological polar surface area (TPSA) is 57.0 Å². The van der Waals surface area contributed by atoms with E-state index in [1.807, 2.05) is 12.1 Å². The zero-order chi connectivity index (χ0) is 15.5. The fourth-order valence-electron chi connectivity index (χ4n) is 2.35. The number of hydrogen-bond donors (Lipinski definition) is 0. The maximum Gasteiger partial charge on any atom is 0.337 e. The van der Waals surface area contributed by atoms with Crippen molar-refractivity contribution in [2.75, 3.05) is 7.11 Å². The summed E-state index contributed by atoms with van der Waals surface area (Å²) in [4.78, 5) is 11.4. The number of ether oxygens (including phenoxy) is 1. The number of aromatic nitrogens is 3. The summed E-state index contributed by atoms with van der Waals surface area (Å²) < 4.78 is 6.91. The van der Waals surface area contributed by atoms with Gasteiger partial charge in [-0.25, -0.2) is 4.79 Å². The Labute approximate surface area is 134 Å². The van der Waals surface area contributed by atoms with Gasteiger partial charge >= 0.3 is 5.97 Å². The number of nitrogens with zero attached hydrogens (tertiary/aromatic N) is 3. The van der Waals surface area contributed by atoms with Gasteiger partial charge in [0.25, 0.3) is 0 Å². The summed E-state index contributed by atoms with van der Waals surface area (Å²) in [5.41, 5.74) is 1.72. The first-order valence-corrected chi connectivity index (χ1v) is 8.44. The average Bonchev–Trinajstić information content (AvgIpc) is 3.32. The fraction of sp³-hybridized carbons (Fsp3) is 0.438. The first-order chi connectivity index (χ1) is 10.7. The summed E-state index contributed by atoms with van der Waals surface area (Å²) in [5, 5.41) is 9.64. The molecule has 1 fully saturated rings. The van der Waals surface area contributed by atoms with Crippen molar-refractivity contribution in [2.45, 2.75) is 43.1 Å². The molecule has 6 heteroatoms. The Bertz CT molecular complexity index is 663. The van der Waals surface area contributed by atoms with Crippen molar-refractivity contribution in [1.29, 1.82) is 0 Å². The van der Waals surface area contributed by atoms with Gasteiger partial charge in [0.2, 0.25) is 0 Å². The maximum atomic E-state index is 11.4. The zero-order valence-electron chi connectivity index (χ0n) is 12.8. The van der Waals surface area contributed by atoms with Gasteiger partial charge in [0.05, 0.1) is 12.7 Å². The third-order valence-corrected chi connectivity index (χ3v) is 4.79. The Morgan fingerprint density at radius 3 is 2.64 bits per heavy atom. The van der Waals surface area contributed by atoms with E-state index in [0.717, 1.165) is 28.8 Å². The number of hydrogen-bond acceptors (Lipinski definition) is 5. The number of methoxy groups -OCH3 is 1. The highest BCUT2D eigenvalue weighted by atomic mass is 32.2. The van der Waals surface area contributed by atoms with Gasteiger partial charge in [-0.3, -0.25) is 0 Å². The summed E-state index contributed by atoms with van der Waals surface area (Å²) >= 11 is 1.68. The summed E-state index contributed by atoms with van der Waals surface area (Å²) in [6.07, 6.45) is 2.47. The van der Waals surface area contributed by atoms with Gasteiger partial charge in [0.1, 0.15) is 5.82 Å². The van der Waals surface area contributed by atoms with E-state index in [9.17, 15) is 4.79 Å². The molecule has 0 N–H and O–H groups in total. The molecule has 116 valence electrons. The van der Waals surface area contributed by atoms with E-state index in [0.29, 0.717) is 11.5 Å². The van der Waals surface area contributed by atoms with Gasteiger partial charge in [0, 0.05) is 18.2 Å². The van der Waals surface area contributed by atoms with Crippen molar-refractivity contribution in [1.82, 2.24) is 14.8 Å². The summed E-state index contributed by atoms with van der Waals surface area (Å²) in [5.74, 6) is 2.25. The molecule has 0 saturated heterocycles. The Hall–Kier alpha value is -1.82. The molecular weight excluding hydrogens is 298 g/mol. The molecular formula is C16H19N3O2S. The van der Waals surface area contributed by atoms with Crippen LogP contribution in [0, 0.1) is 0 Å². The van der Waals surface area contributed by atoms with E-state index in [2.05, 4.69) is 21.7 Å². The second-order valence-electron chi connectivity index (χ2n) is 5.34. The molecule has 2 aromatic rings. The van der Waals surface area contributed by atoms with Gasteiger partial charge < -0.3 is 9.30 Å². The molecule has 0 amide bonds. The van der Waals surface area contributed by atoms with Crippen LogP contribution in [0.25, 0.3) is 0 Å². The molecule has 0 bridgehead atoms. The lowest BCUT2D eigenvalue weighted by atomic mass is 10.1. The van der Waals surface area contributed by atoms with Gasteiger partial charge in [-0.1, -0.05) is 23.9 Å². The van der Waals surface area contributed by atoms with E-state index < -0.39 is 0 Å². The van der Waals surface area contributed by atoms with Crippen LogP contribution in [0.15, 0.2) is 29.4 Å². The van der Waals surface area contributed by atoms with Crippen LogP contribution >= 0.6 is 11.8 Å². The van der Waals surface area contributed by atoms with Crippen molar-refractivity contribution < 1.29 is 9.53 Å². The lowest BCUT2D eigenvalue weighted by Gasteiger charge is -2.07. The van der Waals surface area contributed by atoms with Crippen LogP contribution in [0.2, 0.25) is 0 Å². The number of rotatable bonds is 6. The average molecular weight is 317 g/mol. The Balaban J connectivity index is 1.66. The molecule has 1 aromatic carbocycles. The molecule has 1 aliphatic carbocycles. The third kappa shape index (κ3) is 3.16. The summed E-state index contributed by atoms with van der Waals surface area (Å²) in [6.45, 7) is 3.03. The van der Waals surface area contributed by atoms with Gasteiger partial charge in [-0.15, -0.1) is 10.2 Å². The minimum absolute atomic E-state index is 0.306. The highest BCUT2D eigenvalue weighted by Gasteiger charge is 2.29. The Kier molecular flexibility index (Phi) is 4.47. The largest absolute Gasteiger partial charge is 0.465 e. The molecule has 0 unspecified atom stereocenters. The lowest BCUT2D eigenvalue weighted by Crippen LogP contribution is -2.02. The fourth-order valence-corrected chi connectivity index (χ4v) is 3.32. The molecule has 5 nitrogen and oxygen atoms in total. The second kappa shape index (κ2) is 6.52. The summed E-state index contributed by atoms with van der Waals surface area (Å²) in [6, 6.07) is 7.49. The molecule has 0 aliphatic heterocycles. The molecule has 3 rings (SSSR count). The van der Waals surface area contributed by atoms with Crippen LogP contribution in [0.4, 0.5) is 0 Å². The maximum absolute atomic E-state index is 11.4. The molecule has 1 saturated carbocycles. The monoisotopic (exact) mass is 317 g/mol. The van der Waals surface area contributed by atoms with Crippen molar-refractivity contribution in [2.24, 2.45) is 0 Å². The van der Waals surface area contributed by atoms with E-state index in [1.54, 1.807) is 23.9 Å². The minimum Gasteiger partial charge on any atom is -0.465 e. The predicted octanol–water partition coefficient (Wildman–Crippen LogP) is 3.25. The highest BCUT2D eigenvalue weighted by molar-refractivity contribution is 7.98. The zero-order valence-corrected chi connectivity index (χ0v) is 13.6. The minimum atomic E-state index is -0.306. The van der Waals surface area contributed by atoms with Gasteiger partial charge in [0.15, 0.2) is 5.16 Å². The van der Waals surface area contributed by atoms with Crippen molar-refractivity contribution in [3.05, 3.63) is 41.2 Å². The predicted molar refractivity (Wildman–Crippen MR) is 85.0 cm³/mol. The summed E-state index contributed by atoms with van der Waals surface area (Å²) in [7, 11) is 1.39. The number of carbonyl (C=O) groups is 1. The van der Waals surface area contributed by atoms with Crippen molar-refractivity contribution in [3.8, 4) is 0 Å². The Morgan fingerprint density at radius 2 is 2.05 bits per heavy atom. The second-order valence-corrected chi connectivity index (χ2v) is 6.28. The Morgan fingerprint density at radius 1 is 1.32 bits per heavy atom. The number of carbonyl (C=O) groups excluding carboxylic acids is 1. The molecule has 0 radical (unpaired) electrons. The van der Waals surface area contributed by atoms with E-state index >= 15 is 0 Å². The standard InChI is InChI=1S/C16H19N3O2S/c1-3-19-14(12-8-9-12)17-18-16(19)22-10-11-4-6-13(7-5-11)15(20)21-2/h4-7,12H,3,8-10H2,1-2H3. The van der Waals surface area contributed by atoms with Crippen LogP contribution < -0.4 is 0 Å². The molecule has 1 heterocycles.